The van der Waals surface area contributed by atoms with Crippen LogP contribution in [0.5, 0.6) is 11.5 Å². The molecule has 0 radical (unpaired) electrons. The fraction of sp³-hybridized carbons (Fsp3) is 0.250. The molecule has 0 fully saturated rings. The summed E-state index contributed by atoms with van der Waals surface area (Å²) in [5.41, 5.74) is 0.605. The Labute approximate surface area is 146 Å². The van der Waals surface area contributed by atoms with Crippen LogP contribution in [0.2, 0.25) is 0 Å². The molecule has 1 N–H and O–H groups in total. The van der Waals surface area contributed by atoms with E-state index in [2.05, 4.69) is 20.4 Å². The van der Waals surface area contributed by atoms with E-state index in [-0.39, 0.29) is 5.91 Å². The molecule has 0 spiro atoms. The van der Waals surface area contributed by atoms with Crippen LogP contribution < -0.4 is 14.8 Å². The molecule has 0 unspecified atom stereocenters. The second kappa shape index (κ2) is 6.52. The van der Waals surface area contributed by atoms with Gasteiger partial charge in [-0.15, -0.1) is 11.3 Å². The summed E-state index contributed by atoms with van der Waals surface area (Å²) in [5.74, 6) is 1.49. The molecule has 1 aliphatic heterocycles. The molecule has 0 saturated heterocycles. The lowest BCUT2D eigenvalue weighted by Crippen LogP contribution is -2.27. The first-order valence-electron chi connectivity index (χ1n) is 7.65. The Bertz CT molecular complexity index is 893. The van der Waals surface area contributed by atoms with Crippen molar-refractivity contribution in [1.29, 1.82) is 0 Å². The first kappa shape index (κ1) is 15.6. The van der Waals surface area contributed by atoms with Gasteiger partial charge in [0.25, 0.3) is 5.91 Å². The Hall–Kier alpha value is -2.94. The number of pyridine rings is 1. The average Bonchev–Trinajstić information content (AvgIpc) is 3.30. The quantitative estimate of drug-likeness (QED) is 0.764. The molecular formula is C16H14N4O4S. The summed E-state index contributed by atoms with van der Waals surface area (Å²) in [6, 6.07) is 4.97. The monoisotopic (exact) mass is 358 g/mol. The number of ether oxygens (including phenoxy) is 2. The van der Waals surface area contributed by atoms with Crippen molar-refractivity contribution in [3.05, 3.63) is 40.5 Å². The molecule has 128 valence electrons. The van der Waals surface area contributed by atoms with Gasteiger partial charge in [0.1, 0.15) is 29.8 Å². The lowest BCUT2D eigenvalue weighted by atomic mass is 10.3. The molecule has 3 aromatic rings. The van der Waals surface area contributed by atoms with Crippen molar-refractivity contribution in [1.82, 2.24) is 20.4 Å². The normalized spacial score (nSPS) is 14.1. The fourth-order valence-corrected chi connectivity index (χ4v) is 3.19. The minimum absolute atomic E-state index is 0.276. The van der Waals surface area contributed by atoms with Crippen molar-refractivity contribution in [3.63, 3.8) is 0 Å². The predicted molar refractivity (Wildman–Crippen MR) is 88.7 cm³/mol. The molecule has 25 heavy (non-hydrogen) atoms. The Balaban J connectivity index is 1.49. The Morgan fingerprint density at radius 3 is 3.04 bits per heavy atom. The van der Waals surface area contributed by atoms with E-state index in [1.54, 1.807) is 30.6 Å². The van der Waals surface area contributed by atoms with Gasteiger partial charge in [0.15, 0.2) is 11.5 Å². The second-order valence-electron chi connectivity index (χ2n) is 5.32. The number of thiophene rings is 1. The number of hydrogen-bond donors (Lipinski definition) is 1. The van der Waals surface area contributed by atoms with Crippen LogP contribution in [0.4, 0.5) is 0 Å². The third-order valence-corrected chi connectivity index (χ3v) is 4.50. The SMILES string of the molecule is C[C@@H](NC(=O)c1scc2c1OCCO2)c1nc(-c2ccccn2)no1. The molecule has 4 rings (SSSR count). The predicted octanol–water partition coefficient (Wildman–Crippen LogP) is 2.46. The molecule has 1 amide bonds. The molecule has 0 bridgehead atoms. The third-order valence-electron chi connectivity index (χ3n) is 3.56. The minimum Gasteiger partial charge on any atom is -0.485 e. The van der Waals surface area contributed by atoms with Gasteiger partial charge >= 0.3 is 0 Å². The number of nitrogens with one attached hydrogen (secondary N) is 1. The number of hydrogen-bond acceptors (Lipinski definition) is 8. The third kappa shape index (κ3) is 3.05. The average molecular weight is 358 g/mol. The standard InChI is InChI=1S/C16H14N4O4S/c1-9(16-19-14(20-24-16)10-4-2-3-5-17-10)18-15(21)13-12-11(8-25-13)22-6-7-23-12/h2-5,8-9H,6-7H2,1H3,(H,18,21)/t9-/m1/s1. The van der Waals surface area contributed by atoms with E-state index in [0.717, 1.165) is 0 Å². The molecule has 0 saturated carbocycles. The number of fused-ring (bicyclic) bond motifs is 1. The molecule has 8 nitrogen and oxygen atoms in total. The summed E-state index contributed by atoms with van der Waals surface area (Å²) < 4.78 is 16.2. The van der Waals surface area contributed by atoms with Crippen LogP contribution in [-0.2, 0) is 0 Å². The van der Waals surface area contributed by atoms with Gasteiger partial charge in [0.05, 0.1) is 0 Å². The van der Waals surface area contributed by atoms with Crippen LogP contribution in [0.1, 0.15) is 28.5 Å². The highest BCUT2D eigenvalue weighted by molar-refractivity contribution is 7.12. The van der Waals surface area contributed by atoms with Gasteiger partial charge in [0.2, 0.25) is 11.7 Å². The summed E-state index contributed by atoms with van der Waals surface area (Å²) in [4.78, 5) is 21.4. The highest BCUT2D eigenvalue weighted by Gasteiger charge is 2.26. The van der Waals surface area contributed by atoms with E-state index >= 15 is 0 Å². The maximum absolute atomic E-state index is 12.5. The zero-order valence-corrected chi connectivity index (χ0v) is 14.1. The zero-order valence-electron chi connectivity index (χ0n) is 13.3. The molecule has 1 aliphatic rings. The van der Waals surface area contributed by atoms with E-state index in [9.17, 15) is 4.79 Å². The van der Waals surface area contributed by atoms with E-state index < -0.39 is 6.04 Å². The van der Waals surface area contributed by atoms with Crippen molar-refractivity contribution in [2.45, 2.75) is 13.0 Å². The summed E-state index contributed by atoms with van der Waals surface area (Å²) in [7, 11) is 0. The van der Waals surface area contributed by atoms with Crippen LogP contribution in [0.15, 0.2) is 34.3 Å². The van der Waals surface area contributed by atoms with Gasteiger partial charge in [-0.1, -0.05) is 11.2 Å². The van der Waals surface area contributed by atoms with Gasteiger partial charge in [-0.2, -0.15) is 4.98 Å². The Morgan fingerprint density at radius 2 is 2.20 bits per heavy atom. The van der Waals surface area contributed by atoms with E-state index in [4.69, 9.17) is 14.0 Å². The van der Waals surface area contributed by atoms with Crippen LogP contribution in [0.25, 0.3) is 11.5 Å². The van der Waals surface area contributed by atoms with E-state index in [0.29, 0.717) is 47.0 Å². The molecule has 0 aromatic carbocycles. The molecule has 3 aromatic heterocycles. The highest BCUT2D eigenvalue weighted by atomic mass is 32.1. The summed E-state index contributed by atoms with van der Waals surface area (Å²) in [6.07, 6.45) is 1.65. The number of aromatic nitrogens is 3. The van der Waals surface area contributed by atoms with Crippen molar-refractivity contribution in [3.8, 4) is 23.0 Å². The maximum atomic E-state index is 12.5. The number of carbonyl (C=O) groups is 1. The maximum Gasteiger partial charge on any atom is 0.265 e. The lowest BCUT2D eigenvalue weighted by molar-refractivity contribution is 0.0927. The van der Waals surface area contributed by atoms with Crippen LogP contribution in [0.3, 0.4) is 0 Å². The van der Waals surface area contributed by atoms with Crippen molar-refractivity contribution in [2.75, 3.05) is 13.2 Å². The number of nitrogens with zero attached hydrogens (tertiary/aromatic N) is 3. The molecule has 4 heterocycles. The van der Waals surface area contributed by atoms with Gasteiger partial charge in [0, 0.05) is 11.6 Å². The smallest absolute Gasteiger partial charge is 0.265 e. The fourth-order valence-electron chi connectivity index (χ4n) is 2.35. The zero-order chi connectivity index (χ0) is 17.2. The van der Waals surface area contributed by atoms with E-state index in [1.807, 2.05) is 6.07 Å². The molecule has 9 heteroatoms. The minimum atomic E-state index is -0.459. The van der Waals surface area contributed by atoms with Crippen molar-refractivity contribution < 1.29 is 18.8 Å². The van der Waals surface area contributed by atoms with Gasteiger partial charge < -0.3 is 19.3 Å². The summed E-state index contributed by atoms with van der Waals surface area (Å²) in [5, 5.41) is 8.50. The van der Waals surface area contributed by atoms with Crippen LogP contribution in [0, 0.1) is 0 Å². The van der Waals surface area contributed by atoms with Crippen LogP contribution >= 0.6 is 11.3 Å². The summed E-state index contributed by atoms with van der Waals surface area (Å²) >= 11 is 1.27. The Kier molecular flexibility index (Phi) is 4.06. The second-order valence-corrected chi connectivity index (χ2v) is 6.20. The first-order chi connectivity index (χ1) is 12.2. The number of amides is 1. The topological polar surface area (TPSA) is 99.4 Å². The van der Waals surface area contributed by atoms with Crippen LogP contribution in [-0.4, -0.2) is 34.2 Å². The largest absolute Gasteiger partial charge is 0.485 e. The van der Waals surface area contributed by atoms with Gasteiger partial charge in [-0.3, -0.25) is 9.78 Å². The van der Waals surface area contributed by atoms with Crippen molar-refractivity contribution >= 4 is 17.2 Å². The lowest BCUT2D eigenvalue weighted by Gasteiger charge is -2.16. The summed E-state index contributed by atoms with van der Waals surface area (Å²) in [6.45, 7) is 2.68. The van der Waals surface area contributed by atoms with E-state index in [1.165, 1.54) is 11.3 Å². The first-order valence-corrected chi connectivity index (χ1v) is 8.53. The molecular weight excluding hydrogens is 344 g/mol. The number of rotatable bonds is 4. The number of carbonyl (C=O) groups excluding carboxylic acids is 1. The Morgan fingerprint density at radius 1 is 1.32 bits per heavy atom. The van der Waals surface area contributed by atoms with Gasteiger partial charge in [-0.25, -0.2) is 0 Å². The molecule has 0 aliphatic carbocycles. The van der Waals surface area contributed by atoms with Crippen molar-refractivity contribution in [2.24, 2.45) is 0 Å². The highest BCUT2D eigenvalue weighted by Crippen LogP contribution is 2.39. The van der Waals surface area contributed by atoms with Gasteiger partial charge in [-0.05, 0) is 19.1 Å². The molecule has 1 atom stereocenters.